The second-order valence-electron chi connectivity index (χ2n) is 4.36. The summed E-state index contributed by atoms with van der Waals surface area (Å²) in [7, 11) is 0. The fraction of sp³-hybridized carbons (Fsp3) is 0. The number of fused-ring (bicyclic) bond motifs is 3. The van der Waals surface area contributed by atoms with Gasteiger partial charge in [0, 0.05) is 16.8 Å². The van der Waals surface area contributed by atoms with Gasteiger partial charge < -0.3 is 4.42 Å². The molecule has 0 aliphatic carbocycles. The maximum absolute atomic E-state index is 6.02. The predicted octanol–water partition coefficient (Wildman–Crippen LogP) is 4.40. The number of nitrogens with zero attached hydrogens (tertiary/aromatic N) is 2. The Balaban J connectivity index is 2.00. The molecule has 0 aliphatic heterocycles. The SMILES string of the molecule is Clc1ccc2oc3nc(-c4ccccc4)cn3c2c1. The van der Waals surface area contributed by atoms with Crippen molar-refractivity contribution in [2.45, 2.75) is 0 Å². The van der Waals surface area contributed by atoms with Gasteiger partial charge in [0.25, 0.3) is 0 Å². The van der Waals surface area contributed by atoms with Crippen LogP contribution in [0.3, 0.4) is 0 Å². The average Bonchev–Trinajstić information content (AvgIpc) is 2.98. The van der Waals surface area contributed by atoms with Crippen LogP contribution in [0.25, 0.3) is 28.2 Å². The fourth-order valence-corrected chi connectivity index (χ4v) is 2.39. The summed E-state index contributed by atoms with van der Waals surface area (Å²) >= 11 is 6.02. The van der Waals surface area contributed by atoms with Crippen molar-refractivity contribution in [3.8, 4) is 11.3 Å². The molecule has 0 atom stereocenters. The van der Waals surface area contributed by atoms with Gasteiger partial charge in [-0.05, 0) is 18.2 Å². The Labute approximate surface area is 114 Å². The number of hydrogen-bond donors (Lipinski definition) is 0. The monoisotopic (exact) mass is 268 g/mol. The van der Waals surface area contributed by atoms with Crippen LogP contribution >= 0.6 is 11.6 Å². The van der Waals surface area contributed by atoms with E-state index in [-0.39, 0.29) is 0 Å². The van der Waals surface area contributed by atoms with Crippen LogP contribution in [0.4, 0.5) is 0 Å². The van der Waals surface area contributed by atoms with Gasteiger partial charge in [0.1, 0.15) is 0 Å². The van der Waals surface area contributed by atoms with Crippen LogP contribution in [0, 0.1) is 0 Å². The molecule has 0 saturated heterocycles. The molecule has 0 fully saturated rings. The van der Waals surface area contributed by atoms with Gasteiger partial charge in [-0.15, -0.1) is 0 Å². The van der Waals surface area contributed by atoms with Gasteiger partial charge in [0.05, 0.1) is 11.2 Å². The molecule has 0 aliphatic rings. The Hall–Kier alpha value is -2.26. The molecule has 0 spiro atoms. The van der Waals surface area contributed by atoms with E-state index in [2.05, 4.69) is 4.98 Å². The molecule has 4 rings (SSSR count). The van der Waals surface area contributed by atoms with E-state index in [4.69, 9.17) is 16.0 Å². The number of aromatic nitrogens is 2. The minimum absolute atomic E-state index is 0.580. The summed E-state index contributed by atoms with van der Waals surface area (Å²) in [5.41, 5.74) is 3.67. The summed E-state index contributed by atoms with van der Waals surface area (Å²) in [6.45, 7) is 0. The van der Waals surface area contributed by atoms with Gasteiger partial charge >= 0.3 is 5.84 Å². The Morgan fingerprint density at radius 1 is 1.05 bits per heavy atom. The first-order valence-electron chi connectivity index (χ1n) is 5.94. The fourth-order valence-electron chi connectivity index (χ4n) is 2.22. The molecule has 0 saturated carbocycles. The summed E-state index contributed by atoms with van der Waals surface area (Å²) in [5.74, 6) is 0.580. The van der Waals surface area contributed by atoms with Gasteiger partial charge in [-0.3, -0.25) is 4.40 Å². The molecule has 0 radical (unpaired) electrons. The molecule has 4 heteroatoms. The zero-order chi connectivity index (χ0) is 12.8. The van der Waals surface area contributed by atoms with Crippen LogP contribution in [0.5, 0.6) is 0 Å². The lowest BCUT2D eigenvalue weighted by atomic mass is 10.2. The van der Waals surface area contributed by atoms with Crippen molar-refractivity contribution in [3.63, 3.8) is 0 Å². The predicted molar refractivity (Wildman–Crippen MR) is 75.4 cm³/mol. The highest BCUT2D eigenvalue weighted by atomic mass is 35.5. The lowest BCUT2D eigenvalue weighted by Crippen LogP contribution is -1.77. The smallest absolute Gasteiger partial charge is 0.307 e. The van der Waals surface area contributed by atoms with Crippen LogP contribution in [-0.4, -0.2) is 9.38 Å². The van der Waals surface area contributed by atoms with Crippen LogP contribution in [0.1, 0.15) is 0 Å². The topological polar surface area (TPSA) is 30.4 Å². The van der Waals surface area contributed by atoms with Crippen LogP contribution < -0.4 is 0 Å². The van der Waals surface area contributed by atoms with Gasteiger partial charge in [-0.2, -0.15) is 4.98 Å². The third-order valence-electron chi connectivity index (χ3n) is 3.12. The van der Waals surface area contributed by atoms with Gasteiger partial charge in [0.2, 0.25) is 0 Å². The number of rotatable bonds is 1. The van der Waals surface area contributed by atoms with Crippen LogP contribution in [-0.2, 0) is 0 Å². The van der Waals surface area contributed by atoms with E-state index in [1.165, 1.54) is 0 Å². The van der Waals surface area contributed by atoms with Gasteiger partial charge in [0.15, 0.2) is 5.58 Å². The average molecular weight is 269 g/mol. The number of hydrogen-bond acceptors (Lipinski definition) is 2. The van der Waals surface area contributed by atoms with E-state index < -0.39 is 0 Å². The maximum Gasteiger partial charge on any atom is 0.307 e. The molecule has 0 amide bonds. The second kappa shape index (κ2) is 3.87. The zero-order valence-electron chi connectivity index (χ0n) is 9.88. The van der Waals surface area contributed by atoms with E-state index in [1.807, 2.05) is 59.1 Å². The van der Waals surface area contributed by atoms with E-state index in [0.29, 0.717) is 10.9 Å². The molecule has 4 aromatic rings. The molecule has 0 unspecified atom stereocenters. The van der Waals surface area contributed by atoms with E-state index in [1.54, 1.807) is 0 Å². The molecule has 2 heterocycles. The van der Waals surface area contributed by atoms with Crippen molar-refractivity contribution in [2.24, 2.45) is 0 Å². The van der Waals surface area contributed by atoms with Crippen molar-refractivity contribution >= 4 is 28.5 Å². The number of oxazole rings is 1. The highest BCUT2D eigenvalue weighted by Gasteiger charge is 2.11. The Bertz CT molecular complexity index is 877. The third-order valence-corrected chi connectivity index (χ3v) is 3.36. The third kappa shape index (κ3) is 1.63. The van der Waals surface area contributed by atoms with Crippen LogP contribution in [0.2, 0.25) is 5.02 Å². The Morgan fingerprint density at radius 3 is 2.74 bits per heavy atom. The number of benzene rings is 2. The molecule has 92 valence electrons. The van der Waals surface area contributed by atoms with Crippen molar-refractivity contribution in [1.82, 2.24) is 9.38 Å². The Morgan fingerprint density at radius 2 is 1.89 bits per heavy atom. The molecule has 0 N–H and O–H groups in total. The molecular weight excluding hydrogens is 260 g/mol. The highest BCUT2D eigenvalue weighted by molar-refractivity contribution is 6.31. The highest BCUT2D eigenvalue weighted by Crippen LogP contribution is 2.26. The zero-order valence-corrected chi connectivity index (χ0v) is 10.6. The van der Waals surface area contributed by atoms with Crippen LogP contribution in [0.15, 0.2) is 59.1 Å². The summed E-state index contributed by atoms with van der Waals surface area (Å²) in [6, 6.07) is 15.6. The first-order chi connectivity index (χ1) is 9.31. The summed E-state index contributed by atoms with van der Waals surface area (Å²) in [6.07, 6.45) is 1.97. The standard InChI is InChI=1S/C15H9ClN2O/c16-11-6-7-14-13(8-11)18-9-12(17-15(18)19-14)10-4-2-1-3-5-10/h1-9H. The van der Waals surface area contributed by atoms with Crippen molar-refractivity contribution < 1.29 is 4.42 Å². The summed E-state index contributed by atoms with van der Waals surface area (Å²) in [4.78, 5) is 4.50. The summed E-state index contributed by atoms with van der Waals surface area (Å²) < 4.78 is 7.62. The molecule has 2 aromatic carbocycles. The summed E-state index contributed by atoms with van der Waals surface area (Å²) in [5, 5.41) is 0.685. The van der Waals surface area contributed by atoms with Crippen molar-refractivity contribution in [3.05, 3.63) is 59.8 Å². The minimum Gasteiger partial charge on any atom is -0.423 e. The molecule has 19 heavy (non-hydrogen) atoms. The van der Waals surface area contributed by atoms with E-state index in [9.17, 15) is 0 Å². The molecule has 2 aromatic heterocycles. The van der Waals surface area contributed by atoms with E-state index in [0.717, 1.165) is 22.4 Å². The van der Waals surface area contributed by atoms with Crippen molar-refractivity contribution in [1.29, 1.82) is 0 Å². The largest absolute Gasteiger partial charge is 0.423 e. The molecule has 3 nitrogen and oxygen atoms in total. The maximum atomic E-state index is 6.02. The van der Waals surface area contributed by atoms with Gasteiger partial charge in [-0.25, -0.2) is 0 Å². The Kier molecular flexibility index (Phi) is 2.17. The second-order valence-corrected chi connectivity index (χ2v) is 4.80. The number of imidazole rings is 1. The van der Waals surface area contributed by atoms with E-state index >= 15 is 0 Å². The quantitative estimate of drug-likeness (QED) is 0.512. The van der Waals surface area contributed by atoms with Gasteiger partial charge in [-0.1, -0.05) is 41.9 Å². The lowest BCUT2D eigenvalue weighted by Gasteiger charge is -1.94. The van der Waals surface area contributed by atoms with Crippen molar-refractivity contribution in [2.75, 3.05) is 0 Å². The first kappa shape index (κ1) is 10.6. The normalized spacial score (nSPS) is 11.4. The minimum atomic E-state index is 0.580. The molecule has 0 bridgehead atoms. The first-order valence-corrected chi connectivity index (χ1v) is 6.32. The molecular formula is C15H9ClN2O. The number of halogens is 1. The lowest BCUT2D eigenvalue weighted by molar-refractivity contribution is 0.642.